The third-order valence-corrected chi connectivity index (χ3v) is 4.55. The first-order chi connectivity index (χ1) is 7.95. The number of benzene rings is 1. The van der Waals surface area contributed by atoms with Gasteiger partial charge in [-0.1, -0.05) is 5.18 Å². The first kappa shape index (κ1) is 11.7. The van der Waals surface area contributed by atoms with Crippen LogP contribution >= 0.6 is 0 Å². The molecule has 6 nitrogen and oxygen atoms in total. The van der Waals surface area contributed by atoms with Crippen LogP contribution in [0.4, 0.5) is 0 Å². The highest BCUT2D eigenvalue weighted by Crippen LogP contribution is 2.34. The van der Waals surface area contributed by atoms with Crippen LogP contribution in [0.5, 0.6) is 0 Å². The predicted molar refractivity (Wildman–Crippen MR) is 58.6 cm³/mol. The van der Waals surface area contributed by atoms with Crippen LogP contribution < -0.4 is 0 Å². The van der Waals surface area contributed by atoms with Gasteiger partial charge in [-0.3, -0.25) is 0 Å². The molecule has 1 aromatic carbocycles. The van der Waals surface area contributed by atoms with E-state index in [1.54, 1.807) is 0 Å². The molecule has 0 aliphatic carbocycles. The van der Waals surface area contributed by atoms with E-state index in [1.165, 1.54) is 18.2 Å². The maximum atomic E-state index is 11.7. The van der Waals surface area contributed by atoms with E-state index >= 15 is 0 Å². The molecule has 1 aliphatic rings. The van der Waals surface area contributed by atoms with Gasteiger partial charge in [0.1, 0.15) is 6.04 Å². The quantitative estimate of drug-likeness (QED) is 0.804. The lowest BCUT2D eigenvalue weighted by atomic mass is 10.0. The van der Waals surface area contributed by atoms with Gasteiger partial charge in [0, 0.05) is 0 Å². The number of fused-ring (bicyclic) bond motifs is 1. The lowest BCUT2D eigenvalue weighted by molar-refractivity contribution is 0.0696. The minimum atomic E-state index is -3.42. The molecule has 1 N–H and O–H groups in total. The molecule has 0 spiro atoms. The molecule has 90 valence electrons. The summed E-state index contributed by atoms with van der Waals surface area (Å²) in [5.41, 5.74) is 0.139. The van der Waals surface area contributed by atoms with Gasteiger partial charge < -0.3 is 5.11 Å². The minimum Gasteiger partial charge on any atom is -0.478 e. The lowest BCUT2D eigenvalue weighted by Gasteiger charge is -2.20. The van der Waals surface area contributed by atoms with Gasteiger partial charge in [0.2, 0.25) is 0 Å². The molecule has 17 heavy (non-hydrogen) atoms. The topological polar surface area (TPSA) is 101 Å². The van der Waals surface area contributed by atoms with E-state index in [1.807, 2.05) is 0 Å². The molecule has 1 unspecified atom stereocenters. The van der Waals surface area contributed by atoms with Crippen molar-refractivity contribution in [2.45, 2.75) is 17.4 Å². The van der Waals surface area contributed by atoms with Crippen molar-refractivity contribution in [3.05, 3.63) is 34.2 Å². The number of carboxylic acid groups (broad SMARTS) is 1. The molecular weight excluding hydrogens is 246 g/mol. The highest BCUT2D eigenvalue weighted by Gasteiger charge is 2.31. The van der Waals surface area contributed by atoms with Crippen molar-refractivity contribution in [3.63, 3.8) is 0 Å². The summed E-state index contributed by atoms with van der Waals surface area (Å²) in [6.45, 7) is 0. The van der Waals surface area contributed by atoms with Gasteiger partial charge in [-0.05, 0) is 30.2 Å². The van der Waals surface area contributed by atoms with Crippen molar-refractivity contribution in [1.82, 2.24) is 0 Å². The Hall–Kier alpha value is -1.76. The molecule has 1 atom stereocenters. The van der Waals surface area contributed by atoms with Crippen molar-refractivity contribution in [2.24, 2.45) is 5.18 Å². The third-order valence-electron chi connectivity index (χ3n) is 2.74. The summed E-state index contributed by atoms with van der Waals surface area (Å²) in [6, 6.07) is 2.87. The van der Waals surface area contributed by atoms with Crippen molar-refractivity contribution >= 4 is 15.8 Å². The molecule has 0 aromatic heterocycles. The number of rotatable bonds is 2. The zero-order chi connectivity index (χ0) is 12.6. The highest BCUT2D eigenvalue weighted by atomic mass is 32.2. The van der Waals surface area contributed by atoms with Crippen molar-refractivity contribution < 1.29 is 18.3 Å². The molecule has 0 amide bonds. The zero-order valence-corrected chi connectivity index (χ0v) is 9.48. The number of hydrogen-bond acceptors (Lipinski definition) is 5. The zero-order valence-electron chi connectivity index (χ0n) is 8.66. The Morgan fingerprint density at radius 1 is 1.41 bits per heavy atom. The smallest absolute Gasteiger partial charge is 0.335 e. The molecule has 1 heterocycles. The minimum absolute atomic E-state index is 0.0124. The number of nitroso groups, excluding NO2 is 1. The van der Waals surface area contributed by atoms with Crippen LogP contribution in [0, 0.1) is 4.91 Å². The van der Waals surface area contributed by atoms with E-state index in [0.717, 1.165) is 0 Å². The van der Waals surface area contributed by atoms with Crippen LogP contribution in [0.2, 0.25) is 0 Å². The number of aromatic carboxylic acids is 1. The van der Waals surface area contributed by atoms with Crippen LogP contribution in [0.15, 0.2) is 28.3 Å². The van der Waals surface area contributed by atoms with Gasteiger partial charge in [-0.25, -0.2) is 13.2 Å². The van der Waals surface area contributed by atoms with Crippen molar-refractivity contribution in [3.8, 4) is 0 Å². The summed E-state index contributed by atoms with van der Waals surface area (Å²) >= 11 is 0. The fourth-order valence-electron chi connectivity index (χ4n) is 1.87. The number of hydrogen-bond donors (Lipinski definition) is 1. The largest absolute Gasteiger partial charge is 0.478 e. The van der Waals surface area contributed by atoms with E-state index in [0.29, 0.717) is 0 Å². The highest BCUT2D eigenvalue weighted by molar-refractivity contribution is 7.91. The number of nitrogens with zero attached hydrogens (tertiary/aromatic N) is 1. The summed E-state index contributed by atoms with van der Waals surface area (Å²) in [5, 5.41) is 11.7. The average Bonchev–Trinajstić information content (AvgIpc) is 2.28. The number of carboxylic acids is 1. The van der Waals surface area contributed by atoms with Crippen LogP contribution in [0.25, 0.3) is 0 Å². The Balaban J connectivity index is 2.67. The Kier molecular flexibility index (Phi) is 2.70. The molecule has 0 radical (unpaired) electrons. The van der Waals surface area contributed by atoms with Crippen LogP contribution in [-0.2, 0) is 9.84 Å². The summed E-state index contributed by atoms with van der Waals surface area (Å²) in [7, 11) is -3.42. The third kappa shape index (κ3) is 1.93. The van der Waals surface area contributed by atoms with Crippen molar-refractivity contribution in [1.29, 1.82) is 0 Å². The van der Waals surface area contributed by atoms with Gasteiger partial charge >= 0.3 is 5.97 Å². The lowest BCUT2D eigenvalue weighted by Crippen LogP contribution is -2.19. The molecule has 0 bridgehead atoms. The SMILES string of the molecule is O=NC1CCS(=O)(=O)c2ccc(C(=O)O)cc21. The van der Waals surface area contributed by atoms with Crippen LogP contribution in [-0.4, -0.2) is 25.2 Å². The van der Waals surface area contributed by atoms with E-state index in [-0.39, 0.29) is 28.2 Å². The maximum Gasteiger partial charge on any atom is 0.335 e. The first-order valence-electron chi connectivity index (χ1n) is 4.88. The van der Waals surface area contributed by atoms with Crippen LogP contribution in [0.3, 0.4) is 0 Å². The number of carbonyl (C=O) groups is 1. The first-order valence-corrected chi connectivity index (χ1v) is 6.53. The van der Waals surface area contributed by atoms with Gasteiger partial charge in [0.25, 0.3) is 0 Å². The monoisotopic (exact) mass is 255 g/mol. The Labute approximate surface area is 97.2 Å². The van der Waals surface area contributed by atoms with E-state index in [2.05, 4.69) is 5.18 Å². The molecule has 0 saturated carbocycles. The van der Waals surface area contributed by atoms with Crippen LogP contribution in [0.1, 0.15) is 28.4 Å². The van der Waals surface area contributed by atoms with E-state index < -0.39 is 21.8 Å². The Morgan fingerprint density at radius 3 is 2.71 bits per heavy atom. The normalized spacial score (nSPS) is 21.5. The second kappa shape index (κ2) is 3.92. The summed E-state index contributed by atoms with van der Waals surface area (Å²) < 4.78 is 23.4. The van der Waals surface area contributed by atoms with E-state index in [9.17, 15) is 18.1 Å². The molecule has 2 rings (SSSR count). The summed E-state index contributed by atoms with van der Waals surface area (Å²) in [5.74, 6) is -1.30. The fraction of sp³-hybridized carbons (Fsp3) is 0.300. The van der Waals surface area contributed by atoms with Gasteiger partial charge in [-0.15, -0.1) is 0 Å². The summed E-state index contributed by atoms with van der Waals surface area (Å²) in [6.07, 6.45) is 0.0991. The fourth-order valence-corrected chi connectivity index (χ4v) is 3.45. The van der Waals surface area contributed by atoms with Gasteiger partial charge in [0.15, 0.2) is 9.84 Å². The van der Waals surface area contributed by atoms with E-state index in [4.69, 9.17) is 5.11 Å². The molecule has 1 aliphatic heterocycles. The number of sulfone groups is 1. The molecule has 1 aromatic rings. The van der Waals surface area contributed by atoms with Crippen molar-refractivity contribution in [2.75, 3.05) is 5.75 Å². The molecule has 7 heteroatoms. The molecule has 0 saturated heterocycles. The standard InChI is InChI=1S/C10H9NO5S/c12-10(13)6-1-2-9-7(5-6)8(11-14)3-4-17(9,15)16/h1-2,5,8H,3-4H2,(H,12,13). The maximum absolute atomic E-state index is 11.7. The summed E-state index contributed by atoms with van der Waals surface area (Å²) in [4.78, 5) is 21.4. The van der Waals surface area contributed by atoms with Gasteiger partial charge in [0.05, 0.1) is 16.2 Å². The second-order valence-corrected chi connectivity index (χ2v) is 5.86. The Morgan fingerprint density at radius 2 is 2.12 bits per heavy atom. The van der Waals surface area contributed by atoms with Gasteiger partial charge in [-0.2, -0.15) is 4.91 Å². The second-order valence-electron chi connectivity index (χ2n) is 3.79. The Bertz CT molecular complexity index is 593. The molecular formula is C10H9NO5S. The average molecular weight is 255 g/mol. The molecule has 0 fully saturated rings. The predicted octanol–water partition coefficient (Wildman–Crippen LogP) is 1.37.